The van der Waals surface area contributed by atoms with Crippen LogP contribution >= 0.6 is 0 Å². The van der Waals surface area contributed by atoms with Gasteiger partial charge >= 0.3 is 0 Å². The highest BCUT2D eigenvalue weighted by molar-refractivity contribution is 7.89. The Labute approximate surface area is 138 Å². The van der Waals surface area contributed by atoms with Crippen molar-refractivity contribution < 1.29 is 12.8 Å². The molecule has 0 bridgehead atoms. The normalized spacial score (nSPS) is 18.2. The summed E-state index contributed by atoms with van der Waals surface area (Å²) in [5.41, 5.74) is 1.60. The van der Waals surface area contributed by atoms with E-state index in [9.17, 15) is 12.8 Å². The molecule has 5 nitrogen and oxygen atoms in total. The molecule has 1 fully saturated rings. The standard InChI is InChI=1S/C16H26FN3O2S/c1-4-11-23(21,22)18-13(2)15-12-14(17)5-6-16(15)20-9-7-19(3)8-10-20/h5-6,12-13,18H,4,7-11H2,1-3H3. The number of nitrogens with zero attached hydrogens (tertiary/aromatic N) is 2. The van der Waals surface area contributed by atoms with Gasteiger partial charge < -0.3 is 9.80 Å². The molecule has 1 aliphatic heterocycles. The lowest BCUT2D eigenvalue weighted by atomic mass is 10.0. The molecule has 0 aromatic heterocycles. The van der Waals surface area contributed by atoms with E-state index in [4.69, 9.17) is 0 Å². The van der Waals surface area contributed by atoms with Gasteiger partial charge in [0.05, 0.1) is 5.75 Å². The number of nitrogens with one attached hydrogen (secondary N) is 1. The van der Waals surface area contributed by atoms with Crippen LogP contribution in [0.5, 0.6) is 0 Å². The lowest BCUT2D eigenvalue weighted by molar-refractivity contribution is 0.312. The molecule has 0 aliphatic carbocycles. The maximum atomic E-state index is 13.7. The molecule has 130 valence electrons. The Kier molecular flexibility index (Phi) is 6.00. The van der Waals surface area contributed by atoms with Crippen molar-refractivity contribution >= 4 is 15.7 Å². The number of likely N-dealkylation sites (N-methyl/N-ethyl adjacent to an activating group) is 1. The van der Waals surface area contributed by atoms with E-state index < -0.39 is 16.1 Å². The van der Waals surface area contributed by atoms with Gasteiger partial charge in [0.2, 0.25) is 10.0 Å². The van der Waals surface area contributed by atoms with Crippen molar-refractivity contribution in [1.29, 1.82) is 0 Å². The Morgan fingerprint density at radius 1 is 1.26 bits per heavy atom. The van der Waals surface area contributed by atoms with E-state index >= 15 is 0 Å². The minimum Gasteiger partial charge on any atom is -0.369 e. The number of benzene rings is 1. The highest BCUT2D eigenvalue weighted by atomic mass is 32.2. The number of hydrogen-bond donors (Lipinski definition) is 1. The van der Waals surface area contributed by atoms with Gasteiger partial charge in [-0.1, -0.05) is 6.92 Å². The molecule has 1 unspecified atom stereocenters. The molecule has 0 spiro atoms. The number of halogens is 1. The fraction of sp³-hybridized carbons (Fsp3) is 0.625. The third-order valence-corrected chi connectivity index (χ3v) is 5.79. The van der Waals surface area contributed by atoms with E-state index in [0.717, 1.165) is 31.9 Å². The van der Waals surface area contributed by atoms with E-state index in [1.165, 1.54) is 12.1 Å². The third-order valence-electron chi connectivity index (χ3n) is 4.13. The Balaban J connectivity index is 2.24. The monoisotopic (exact) mass is 343 g/mol. The van der Waals surface area contributed by atoms with Gasteiger partial charge in [-0.15, -0.1) is 0 Å². The molecule has 0 saturated carbocycles. The second-order valence-electron chi connectivity index (χ2n) is 6.15. The highest BCUT2D eigenvalue weighted by Crippen LogP contribution is 2.28. The Hall–Kier alpha value is -1.18. The fourth-order valence-corrected chi connectivity index (χ4v) is 4.19. The third kappa shape index (κ3) is 4.89. The van der Waals surface area contributed by atoms with E-state index in [0.29, 0.717) is 12.0 Å². The van der Waals surface area contributed by atoms with E-state index in [-0.39, 0.29) is 11.6 Å². The number of sulfonamides is 1. The molecule has 1 aromatic rings. The predicted molar refractivity (Wildman–Crippen MR) is 91.7 cm³/mol. The lowest BCUT2D eigenvalue weighted by Crippen LogP contribution is -2.45. The molecule has 0 radical (unpaired) electrons. The SMILES string of the molecule is CCCS(=O)(=O)NC(C)c1cc(F)ccc1N1CCN(C)CC1. The van der Waals surface area contributed by atoms with Crippen molar-refractivity contribution in [3.63, 3.8) is 0 Å². The first-order chi connectivity index (χ1) is 10.8. The molecule has 1 atom stereocenters. The molecule has 23 heavy (non-hydrogen) atoms. The van der Waals surface area contributed by atoms with Crippen LogP contribution in [0.3, 0.4) is 0 Å². The first kappa shape index (κ1) is 18.2. The van der Waals surface area contributed by atoms with E-state index in [2.05, 4.69) is 21.6 Å². The molecule has 1 saturated heterocycles. The van der Waals surface area contributed by atoms with Crippen LogP contribution < -0.4 is 9.62 Å². The highest BCUT2D eigenvalue weighted by Gasteiger charge is 2.22. The maximum absolute atomic E-state index is 13.7. The average molecular weight is 343 g/mol. The first-order valence-corrected chi connectivity index (χ1v) is 9.70. The van der Waals surface area contributed by atoms with Gasteiger partial charge in [-0.3, -0.25) is 0 Å². The van der Waals surface area contributed by atoms with Crippen molar-refractivity contribution in [2.75, 3.05) is 43.9 Å². The van der Waals surface area contributed by atoms with Crippen molar-refractivity contribution in [2.24, 2.45) is 0 Å². The summed E-state index contributed by atoms with van der Waals surface area (Å²) in [6, 6.07) is 4.16. The molecule has 7 heteroatoms. The summed E-state index contributed by atoms with van der Waals surface area (Å²) in [4.78, 5) is 4.44. The fourth-order valence-electron chi connectivity index (χ4n) is 2.87. The minimum atomic E-state index is -3.35. The van der Waals surface area contributed by atoms with Gasteiger partial charge in [-0.2, -0.15) is 0 Å². The van der Waals surface area contributed by atoms with Crippen LogP contribution in [0.25, 0.3) is 0 Å². The zero-order valence-electron chi connectivity index (χ0n) is 14.0. The van der Waals surface area contributed by atoms with Crippen LogP contribution in [0.15, 0.2) is 18.2 Å². The number of rotatable bonds is 6. The minimum absolute atomic E-state index is 0.0799. The second kappa shape index (κ2) is 7.59. The largest absolute Gasteiger partial charge is 0.369 e. The van der Waals surface area contributed by atoms with Crippen LogP contribution in [0.4, 0.5) is 10.1 Å². The molecular weight excluding hydrogens is 317 g/mol. The molecular formula is C16H26FN3O2S. The van der Waals surface area contributed by atoms with Crippen LogP contribution in [-0.2, 0) is 10.0 Å². The molecule has 2 rings (SSSR count). The van der Waals surface area contributed by atoms with Crippen LogP contribution in [0.1, 0.15) is 31.9 Å². The van der Waals surface area contributed by atoms with Gasteiger partial charge in [-0.05, 0) is 44.2 Å². The predicted octanol–water partition coefficient (Wildman–Crippen LogP) is 1.97. The van der Waals surface area contributed by atoms with Gasteiger partial charge in [-0.25, -0.2) is 17.5 Å². The Bertz CT molecular complexity index is 628. The molecule has 1 aliphatic rings. The topological polar surface area (TPSA) is 52.7 Å². The molecule has 1 aromatic carbocycles. The van der Waals surface area contributed by atoms with Gasteiger partial charge in [0.15, 0.2) is 0 Å². The van der Waals surface area contributed by atoms with Crippen LogP contribution in [0, 0.1) is 5.82 Å². The molecule has 1 N–H and O–H groups in total. The molecule has 1 heterocycles. The quantitative estimate of drug-likeness (QED) is 0.858. The van der Waals surface area contributed by atoms with Crippen LogP contribution in [-0.4, -0.2) is 52.3 Å². The Morgan fingerprint density at radius 2 is 1.91 bits per heavy atom. The summed E-state index contributed by atoms with van der Waals surface area (Å²) in [5.74, 6) is -0.268. The summed E-state index contributed by atoms with van der Waals surface area (Å²) in [7, 11) is -1.27. The number of hydrogen-bond acceptors (Lipinski definition) is 4. The molecule has 0 amide bonds. The van der Waals surface area contributed by atoms with E-state index in [1.807, 2.05) is 6.92 Å². The first-order valence-electron chi connectivity index (χ1n) is 8.05. The zero-order chi connectivity index (χ0) is 17.0. The smallest absolute Gasteiger partial charge is 0.212 e. The number of anilines is 1. The second-order valence-corrected chi connectivity index (χ2v) is 8.03. The summed E-state index contributed by atoms with van der Waals surface area (Å²) in [6.45, 7) is 7.16. The van der Waals surface area contributed by atoms with E-state index in [1.54, 1.807) is 13.0 Å². The summed E-state index contributed by atoms with van der Waals surface area (Å²) >= 11 is 0. The number of piperazine rings is 1. The maximum Gasteiger partial charge on any atom is 0.212 e. The van der Waals surface area contributed by atoms with Crippen molar-refractivity contribution in [2.45, 2.75) is 26.3 Å². The summed E-state index contributed by atoms with van der Waals surface area (Å²) < 4.78 is 40.4. The van der Waals surface area contributed by atoms with Crippen molar-refractivity contribution in [3.05, 3.63) is 29.6 Å². The summed E-state index contributed by atoms with van der Waals surface area (Å²) in [5, 5.41) is 0. The van der Waals surface area contributed by atoms with Crippen molar-refractivity contribution in [3.8, 4) is 0 Å². The van der Waals surface area contributed by atoms with Crippen LogP contribution in [0.2, 0.25) is 0 Å². The van der Waals surface area contributed by atoms with Gasteiger partial charge in [0.1, 0.15) is 5.82 Å². The lowest BCUT2D eigenvalue weighted by Gasteiger charge is -2.36. The van der Waals surface area contributed by atoms with Gasteiger partial charge in [0, 0.05) is 37.9 Å². The Morgan fingerprint density at radius 3 is 2.52 bits per heavy atom. The van der Waals surface area contributed by atoms with Gasteiger partial charge in [0.25, 0.3) is 0 Å². The summed E-state index contributed by atoms with van der Waals surface area (Å²) in [6.07, 6.45) is 0.552. The van der Waals surface area contributed by atoms with Crippen molar-refractivity contribution in [1.82, 2.24) is 9.62 Å². The average Bonchev–Trinajstić information content (AvgIpc) is 2.47. The zero-order valence-corrected chi connectivity index (χ0v) is 14.9.